The Morgan fingerprint density at radius 2 is 1.55 bits per heavy atom. The monoisotopic (exact) mass is 388 g/mol. The Hall–Kier alpha value is -2.13. The summed E-state index contributed by atoms with van der Waals surface area (Å²) >= 11 is 0. The fourth-order valence-electron chi connectivity index (χ4n) is 5.96. The lowest BCUT2D eigenvalue weighted by molar-refractivity contribution is -0.122. The second-order valence-electron chi connectivity index (χ2n) is 9.73. The molecule has 2 aromatic carbocycles. The average molecular weight is 389 g/mol. The van der Waals surface area contributed by atoms with E-state index in [0.29, 0.717) is 5.41 Å². The van der Waals surface area contributed by atoms with E-state index in [0.717, 1.165) is 25.2 Å². The summed E-state index contributed by atoms with van der Waals surface area (Å²) < 4.78 is 0. The Morgan fingerprint density at radius 3 is 2.34 bits per heavy atom. The number of rotatable bonds is 4. The van der Waals surface area contributed by atoms with Crippen LogP contribution in [0.4, 0.5) is 5.69 Å². The Bertz CT molecular complexity index is 924. The van der Waals surface area contributed by atoms with E-state index in [1.165, 1.54) is 44.3 Å². The third kappa shape index (κ3) is 3.02. The van der Waals surface area contributed by atoms with Gasteiger partial charge in [-0.15, -0.1) is 0 Å². The summed E-state index contributed by atoms with van der Waals surface area (Å²) in [6.07, 6.45) is 6.18. The van der Waals surface area contributed by atoms with E-state index in [4.69, 9.17) is 0 Å². The maximum absolute atomic E-state index is 13.0. The molecule has 0 aromatic heterocycles. The lowest BCUT2D eigenvalue weighted by atomic mass is 9.74. The highest BCUT2D eigenvalue weighted by atomic mass is 16.2. The number of nitrogens with zero attached hydrogens (tertiary/aromatic N) is 2. The molecule has 1 amide bonds. The summed E-state index contributed by atoms with van der Waals surface area (Å²) in [6.45, 7) is 8.39. The molecular weight excluding hydrogens is 356 g/mol. The predicted molar refractivity (Wildman–Crippen MR) is 119 cm³/mol. The molecule has 3 heteroatoms. The van der Waals surface area contributed by atoms with Crippen LogP contribution in [0.1, 0.15) is 56.2 Å². The van der Waals surface area contributed by atoms with Crippen molar-refractivity contribution in [3.05, 3.63) is 65.2 Å². The van der Waals surface area contributed by atoms with Crippen LogP contribution in [0.3, 0.4) is 0 Å². The minimum atomic E-state index is -0.399. The maximum Gasteiger partial charge on any atom is 0.237 e. The van der Waals surface area contributed by atoms with Crippen LogP contribution < -0.4 is 4.90 Å². The number of likely N-dealkylation sites (tertiary alicyclic amines) is 1. The van der Waals surface area contributed by atoms with Crippen molar-refractivity contribution in [3.63, 3.8) is 0 Å². The number of amides is 1. The molecule has 0 N–H and O–H groups in total. The van der Waals surface area contributed by atoms with Crippen LogP contribution >= 0.6 is 0 Å². The fourth-order valence-corrected chi connectivity index (χ4v) is 5.96. The molecule has 0 unspecified atom stereocenters. The van der Waals surface area contributed by atoms with E-state index < -0.39 is 5.41 Å². The highest BCUT2D eigenvalue weighted by Gasteiger charge is 2.43. The van der Waals surface area contributed by atoms with Crippen molar-refractivity contribution in [3.8, 4) is 0 Å². The third-order valence-corrected chi connectivity index (χ3v) is 7.78. The van der Waals surface area contributed by atoms with Gasteiger partial charge in [0.25, 0.3) is 0 Å². The fraction of sp³-hybridized carbons (Fsp3) is 0.500. The van der Waals surface area contributed by atoms with Crippen molar-refractivity contribution < 1.29 is 4.79 Å². The first kappa shape index (κ1) is 18.9. The first-order valence-electron chi connectivity index (χ1n) is 11.2. The van der Waals surface area contributed by atoms with Crippen molar-refractivity contribution >= 4 is 11.6 Å². The molecule has 0 radical (unpaired) electrons. The van der Waals surface area contributed by atoms with E-state index >= 15 is 0 Å². The third-order valence-electron chi connectivity index (χ3n) is 7.78. The summed E-state index contributed by atoms with van der Waals surface area (Å²) in [5.41, 5.74) is 5.52. The zero-order chi connectivity index (χ0) is 20.1. The van der Waals surface area contributed by atoms with Crippen molar-refractivity contribution in [2.45, 2.75) is 56.8 Å². The van der Waals surface area contributed by atoms with E-state index in [1.807, 2.05) is 17.0 Å². The first-order chi connectivity index (χ1) is 14.0. The Kier molecular flexibility index (Phi) is 4.54. The number of hydrogen-bond acceptors (Lipinski definition) is 2. The summed E-state index contributed by atoms with van der Waals surface area (Å²) in [7, 11) is 0. The van der Waals surface area contributed by atoms with E-state index in [1.54, 1.807) is 11.1 Å². The van der Waals surface area contributed by atoms with Gasteiger partial charge in [-0.1, -0.05) is 42.5 Å². The molecule has 1 saturated heterocycles. The van der Waals surface area contributed by atoms with Gasteiger partial charge in [0.15, 0.2) is 0 Å². The standard InChI is InChI=1S/C26H32N2O/c1-25(2)22-10-5-6-11-23(22)28(24(25)29)17-7-16-27-18-14-26(15-19-27)13-12-20-8-3-4-9-21(20)26/h3-6,8-11H,7,12-19H2,1-2H3. The van der Waals surface area contributed by atoms with Crippen LogP contribution in [0.25, 0.3) is 0 Å². The molecule has 3 aliphatic rings. The van der Waals surface area contributed by atoms with Gasteiger partial charge in [-0.25, -0.2) is 0 Å². The van der Waals surface area contributed by atoms with Crippen molar-refractivity contribution in [1.29, 1.82) is 0 Å². The zero-order valence-electron chi connectivity index (χ0n) is 17.8. The van der Waals surface area contributed by atoms with Crippen LogP contribution in [-0.4, -0.2) is 37.0 Å². The molecule has 3 nitrogen and oxygen atoms in total. The molecule has 5 rings (SSSR count). The van der Waals surface area contributed by atoms with Gasteiger partial charge in [-0.05, 0) is 93.8 Å². The summed E-state index contributed by atoms with van der Waals surface area (Å²) in [6, 6.07) is 17.4. The smallest absolute Gasteiger partial charge is 0.237 e. The quantitative estimate of drug-likeness (QED) is 0.759. The molecule has 0 bridgehead atoms. The number of para-hydroxylation sites is 1. The van der Waals surface area contributed by atoms with E-state index in [9.17, 15) is 4.79 Å². The molecule has 29 heavy (non-hydrogen) atoms. The van der Waals surface area contributed by atoms with Gasteiger partial charge in [-0.3, -0.25) is 4.79 Å². The summed E-state index contributed by atoms with van der Waals surface area (Å²) in [5, 5.41) is 0. The predicted octanol–water partition coefficient (Wildman–Crippen LogP) is 4.68. The van der Waals surface area contributed by atoms with Crippen molar-refractivity contribution in [1.82, 2.24) is 4.90 Å². The van der Waals surface area contributed by atoms with Gasteiger partial charge in [0, 0.05) is 12.2 Å². The van der Waals surface area contributed by atoms with Crippen LogP contribution in [0.2, 0.25) is 0 Å². The molecular formula is C26H32N2O. The van der Waals surface area contributed by atoms with Gasteiger partial charge in [0.1, 0.15) is 0 Å². The van der Waals surface area contributed by atoms with Crippen LogP contribution in [-0.2, 0) is 22.0 Å². The molecule has 152 valence electrons. The normalized spacial score (nSPS) is 22.1. The topological polar surface area (TPSA) is 23.6 Å². The highest BCUT2D eigenvalue weighted by molar-refractivity contribution is 6.07. The number of carbonyl (C=O) groups excluding carboxylic acids is 1. The largest absolute Gasteiger partial charge is 0.311 e. The second-order valence-corrected chi connectivity index (χ2v) is 9.73. The van der Waals surface area contributed by atoms with Crippen LogP contribution in [0, 0.1) is 0 Å². The molecule has 0 saturated carbocycles. The minimum absolute atomic E-state index is 0.249. The Balaban J connectivity index is 1.18. The lowest BCUT2D eigenvalue weighted by Crippen LogP contribution is -2.43. The number of anilines is 1. The first-order valence-corrected chi connectivity index (χ1v) is 11.2. The van der Waals surface area contributed by atoms with Gasteiger partial charge in [0.05, 0.1) is 5.41 Å². The van der Waals surface area contributed by atoms with Gasteiger partial charge >= 0.3 is 0 Å². The SMILES string of the molecule is CC1(C)C(=O)N(CCCN2CCC3(CCc4ccccc43)CC2)c2ccccc21. The molecule has 1 fully saturated rings. The molecule has 1 spiro atoms. The number of benzene rings is 2. The van der Waals surface area contributed by atoms with E-state index in [2.05, 4.69) is 55.1 Å². The summed E-state index contributed by atoms with van der Waals surface area (Å²) in [5.74, 6) is 0.249. The zero-order valence-corrected chi connectivity index (χ0v) is 17.8. The van der Waals surface area contributed by atoms with Gasteiger partial charge in [0.2, 0.25) is 5.91 Å². The van der Waals surface area contributed by atoms with Crippen LogP contribution in [0.5, 0.6) is 0 Å². The number of piperidine rings is 1. The summed E-state index contributed by atoms with van der Waals surface area (Å²) in [4.78, 5) is 17.6. The molecule has 2 aromatic rings. The maximum atomic E-state index is 13.0. The number of hydrogen-bond donors (Lipinski definition) is 0. The van der Waals surface area contributed by atoms with Gasteiger partial charge in [-0.2, -0.15) is 0 Å². The van der Waals surface area contributed by atoms with E-state index in [-0.39, 0.29) is 5.91 Å². The van der Waals surface area contributed by atoms with Crippen molar-refractivity contribution in [2.75, 3.05) is 31.1 Å². The lowest BCUT2D eigenvalue weighted by Gasteiger charge is -2.40. The number of carbonyl (C=O) groups is 1. The molecule has 2 aliphatic heterocycles. The Labute approximate surface area is 174 Å². The molecule has 0 atom stereocenters. The number of aryl methyl sites for hydroxylation is 1. The minimum Gasteiger partial charge on any atom is -0.311 e. The number of fused-ring (bicyclic) bond motifs is 3. The van der Waals surface area contributed by atoms with Crippen LogP contribution in [0.15, 0.2) is 48.5 Å². The second kappa shape index (κ2) is 6.98. The van der Waals surface area contributed by atoms with Crippen molar-refractivity contribution in [2.24, 2.45) is 0 Å². The molecule has 2 heterocycles. The molecule has 1 aliphatic carbocycles. The van der Waals surface area contributed by atoms with Gasteiger partial charge < -0.3 is 9.80 Å². The highest BCUT2D eigenvalue weighted by Crippen LogP contribution is 2.46. The Morgan fingerprint density at radius 1 is 0.862 bits per heavy atom. The average Bonchev–Trinajstić information content (AvgIpc) is 3.19.